The smallest absolute Gasteiger partial charge is 0.307 e. The van der Waals surface area contributed by atoms with Crippen molar-refractivity contribution in [1.82, 2.24) is 10.6 Å². The quantitative estimate of drug-likeness (QED) is 0.590. The predicted octanol–water partition coefficient (Wildman–Crippen LogP) is 0.849. The maximum absolute atomic E-state index is 11.9. The Labute approximate surface area is 108 Å². The normalized spacial score (nSPS) is 27.1. The van der Waals surface area contributed by atoms with E-state index >= 15 is 0 Å². The molecule has 5 nitrogen and oxygen atoms in total. The second kappa shape index (κ2) is 7.36. The van der Waals surface area contributed by atoms with Crippen LogP contribution in [-0.4, -0.2) is 36.6 Å². The minimum atomic E-state index is -0.841. The molecule has 0 aromatic carbocycles. The Morgan fingerprint density at radius 2 is 1.89 bits per heavy atom. The molecule has 104 valence electrons. The molecule has 0 radical (unpaired) electrons. The number of nitrogens with one attached hydrogen (secondary N) is 2. The Bertz CT molecular complexity index is 294. The van der Waals surface area contributed by atoms with Crippen molar-refractivity contribution in [2.75, 3.05) is 19.6 Å². The van der Waals surface area contributed by atoms with E-state index in [4.69, 9.17) is 5.11 Å². The number of carbonyl (C=O) groups excluding carboxylic acids is 1. The van der Waals surface area contributed by atoms with Crippen LogP contribution in [0, 0.1) is 17.8 Å². The zero-order valence-electron chi connectivity index (χ0n) is 11.2. The van der Waals surface area contributed by atoms with Crippen LogP contribution in [0.1, 0.15) is 33.1 Å². The average molecular weight is 256 g/mol. The second-order valence-electron chi connectivity index (χ2n) is 5.13. The molecule has 0 heterocycles. The monoisotopic (exact) mass is 256 g/mol. The molecular formula is C13H24N2O3. The number of aliphatic carboxylic acids is 1. The highest BCUT2D eigenvalue weighted by atomic mass is 16.4. The number of rotatable bonds is 7. The Morgan fingerprint density at radius 1 is 1.22 bits per heavy atom. The first-order valence-corrected chi connectivity index (χ1v) is 6.77. The van der Waals surface area contributed by atoms with Gasteiger partial charge in [0.25, 0.3) is 0 Å². The molecule has 0 saturated heterocycles. The topological polar surface area (TPSA) is 78.4 Å². The zero-order valence-corrected chi connectivity index (χ0v) is 11.2. The summed E-state index contributed by atoms with van der Waals surface area (Å²) in [6.07, 6.45) is 2.18. The van der Waals surface area contributed by atoms with Crippen LogP contribution in [0.5, 0.6) is 0 Å². The number of carboxylic acids is 1. The van der Waals surface area contributed by atoms with Gasteiger partial charge in [0.05, 0.1) is 11.8 Å². The summed E-state index contributed by atoms with van der Waals surface area (Å²) in [6.45, 7) is 6.46. The first-order valence-electron chi connectivity index (χ1n) is 6.77. The lowest BCUT2D eigenvalue weighted by Gasteiger charge is -2.15. The Kier molecular flexibility index (Phi) is 6.12. The number of hydrogen-bond acceptors (Lipinski definition) is 3. The van der Waals surface area contributed by atoms with E-state index in [1.165, 1.54) is 0 Å². The Balaban J connectivity index is 2.33. The van der Waals surface area contributed by atoms with Crippen molar-refractivity contribution in [1.29, 1.82) is 0 Å². The third-order valence-electron chi connectivity index (χ3n) is 3.53. The molecule has 0 aliphatic heterocycles. The van der Waals surface area contributed by atoms with Crippen LogP contribution in [-0.2, 0) is 9.59 Å². The highest BCUT2D eigenvalue weighted by Crippen LogP contribution is 2.36. The Hall–Kier alpha value is -1.10. The maximum Gasteiger partial charge on any atom is 0.307 e. The minimum Gasteiger partial charge on any atom is -0.481 e. The number of hydrogen-bond donors (Lipinski definition) is 3. The van der Waals surface area contributed by atoms with Gasteiger partial charge in [0.2, 0.25) is 5.91 Å². The molecule has 1 rings (SSSR count). The van der Waals surface area contributed by atoms with Crippen LogP contribution in [0.15, 0.2) is 0 Å². The molecule has 1 aliphatic carbocycles. The standard InChI is InChI=1S/C13H24N2O3/c1-3-14-5-4-6-15-12(16)10-7-9(2)8-11(10)13(17)18/h9-11,14H,3-8H2,1-2H3,(H,15,16)(H,17,18)/t9?,10-,11+/m0/s1. The van der Waals surface area contributed by atoms with Gasteiger partial charge in [-0.05, 0) is 38.3 Å². The van der Waals surface area contributed by atoms with E-state index in [9.17, 15) is 9.59 Å². The molecule has 1 saturated carbocycles. The lowest BCUT2D eigenvalue weighted by atomic mass is 9.95. The van der Waals surface area contributed by atoms with Crippen molar-refractivity contribution in [3.05, 3.63) is 0 Å². The van der Waals surface area contributed by atoms with Gasteiger partial charge in [-0.1, -0.05) is 13.8 Å². The molecule has 3 N–H and O–H groups in total. The first kappa shape index (κ1) is 15.0. The first-order chi connectivity index (χ1) is 8.56. The molecule has 1 aliphatic rings. The molecule has 5 heteroatoms. The summed E-state index contributed by atoms with van der Waals surface area (Å²) >= 11 is 0. The van der Waals surface area contributed by atoms with Crippen LogP contribution < -0.4 is 10.6 Å². The van der Waals surface area contributed by atoms with Crippen LogP contribution in [0.25, 0.3) is 0 Å². The molecule has 0 aromatic rings. The van der Waals surface area contributed by atoms with E-state index < -0.39 is 11.9 Å². The van der Waals surface area contributed by atoms with E-state index in [0.29, 0.717) is 25.3 Å². The average Bonchev–Trinajstić information content (AvgIpc) is 2.71. The number of carbonyl (C=O) groups is 2. The van der Waals surface area contributed by atoms with Crippen LogP contribution in [0.2, 0.25) is 0 Å². The highest BCUT2D eigenvalue weighted by molar-refractivity contribution is 5.85. The summed E-state index contributed by atoms with van der Waals surface area (Å²) in [7, 11) is 0. The fraction of sp³-hybridized carbons (Fsp3) is 0.846. The van der Waals surface area contributed by atoms with Gasteiger partial charge < -0.3 is 15.7 Å². The van der Waals surface area contributed by atoms with E-state index in [-0.39, 0.29) is 11.8 Å². The van der Waals surface area contributed by atoms with Gasteiger partial charge in [0.1, 0.15) is 0 Å². The molecule has 0 bridgehead atoms. The number of amides is 1. The van der Waals surface area contributed by atoms with Gasteiger partial charge in [-0.2, -0.15) is 0 Å². The third-order valence-corrected chi connectivity index (χ3v) is 3.53. The predicted molar refractivity (Wildman–Crippen MR) is 69.2 cm³/mol. The van der Waals surface area contributed by atoms with Gasteiger partial charge >= 0.3 is 5.97 Å². The summed E-state index contributed by atoms with van der Waals surface area (Å²) in [6, 6.07) is 0. The lowest BCUT2D eigenvalue weighted by Crippen LogP contribution is -2.36. The fourth-order valence-electron chi connectivity index (χ4n) is 2.59. The highest BCUT2D eigenvalue weighted by Gasteiger charge is 2.40. The summed E-state index contributed by atoms with van der Waals surface area (Å²) in [5.41, 5.74) is 0. The minimum absolute atomic E-state index is 0.0942. The number of carboxylic acid groups (broad SMARTS) is 1. The van der Waals surface area contributed by atoms with Gasteiger partial charge in [-0.15, -0.1) is 0 Å². The largest absolute Gasteiger partial charge is 0.481 e. The SMILES string of the molecule is CCNCCCNC(=O)[C@H]1CC(C)C[C@H]1C(=O)O. The van der Waals surface area contributed by atoms with Gasteiger partial charge in [0, 0.05) is 6.54 Å². The van der Waals surface area contributed by atoms with Crippen molar-refractivity contribution in [3.63, 3.8) is 0 Å². The van der Waals surface area contributed by atoms with Crippen molar-refractivity contribution in [3.8, 4) is 0 Å². The van der Waals surface area contributed by atoms with E-state index in [2.05, 4.69) is 10.6 Å². The van der Waals surface area contributed by atoms with Crippen molar-refractivity contribution >= 4 is 11.9 Å². The third kappa shape index (κ3) is 4.29. The summed E-state index contributed by atoms with van der Waals surface area (Å²) < 4.78 is 0. The molecule has 1 unspecified atom stereocenters. The molecule has 0 spiro atoms. The fourth-order valence-corrected chi connectivity index (χ4v) is 2.59. The summed E-state index contributed by atoms with van der Waals surface area (Å²) in [5.74, 6) is -1.47. The summed E-state index contributed by atoms with van der Waals surface area (Å²) in [5, 5.41) is 15.1. The Morgan fingerprint density at radius 3 is 2.50 bits per heavy atom. The van der Waals surface area contributed by atoms with E-state index in [1.54, 1.807) is 0 Å². The molecular weight excluding hydrogens is 232 g/mol. The lowest BCUT2D eigenvalue weighted by molar-refractivity contribution is -0.146. The molecule has 1 amide bonds. The van der Waals surface area contributed by atoms with Gasteiger partial charge in [-0.25, -0.2) is 0 Å². The molecule has 0 aromatic heterocycles. The van der Waals surface area contributed by atoms with Gasteiger partial charge in [0.15, 0.2) is 0 Å². The second-order valence-corrected chi connectivity index (χ2v) is 5.13. The van der Waals surface area contributed by atoms with Crippen molar-refractivity contribution < 1.29 is 14.7 Å². The summed E-state index contributed by atoms with van der Waals surface area (Å²) in [4.78, 5) is 23.0. The van der Waals surface area contributed by atoms with Crippen LogP contribution in [0.3, 0.4) is 0 Å². The molecule has 3 atom stereocenters. The molecule has 18 heavy (non-hydrogen) atoms. The van der Waals surface area contributed by atoms with Crippen LogP contribution >= 0.6 is 0 Å². The maximum atomic E-state index is 11.9. The zero-order chi connectivity index (χ0) is 13.5. The van der Waals surface area contributed by atoms with Crippen LogP contribution in [0.4, 0.5) is 0 Å². The van der Waals surface area contributed by atoms with E-state index in [1.807, 2.05) is 13.8 Å². The van der Waals surface area contributed by atoms with Crippen molar-refractivity contribution in [2.24, 2.45) is 17.8 Å². The van der Waals surface area contributed by atoms with Gasteiger partial charge in [-0.3, -0.25) is 9.59 Å². The molecule has 1 fully saturated rings. The van der Waals surface area contributed by atoms with Crippen molar-refractivity contribution in [2.45, 2.75) is 33.1 Å². The van der Waals surface area contributed by atoms with E-state index in [0.717, 1.165) is 19.5 Å².